The smallest absolute Gasteiger partial charge is 0.331 e. The number of ether oxygens (including phenoxy) is 1. The Labute approximate surface area is 101 Å². The lowest BCUT2D eigenvalue weighted by molar-refractivity contribution is -0.0666. The highest BCUT2D eigenvalue weighted by Crippen LogP contribution is 2.38. The molecule has 7 heteroatoms. The van der Waals surface area contributed by atoms with Crippen LogP contribution in [0, 0.1) is 12.3 Å². The van der Waals surface area contributed by atoms with Crippen molar-refractivity contribution in [2.24, 2.45) is 0 Å². The van der Waals surface area contributed by atoms with Crippen LogP contribution in [0.2, 0.25) is 0 Å². The molecule has 1 aromatic heterocycles. The first-order valence-corrected chi connectivity index (χ1v) is 4.95. The summed E-state index contributed by atoms with van der Waals surface area (Å²) in [5, 5.41) is 19.8. The Hall–Kier alpha value is -2.30. The lowest BCUT2D eigenvalue weighted by Crippen LogP contribution is -2.46. The highest BCUT2D eigenvalue weighted by atomic mass is 16.6. The second-order valence-electron chi connectivity index (χ2n) is 3.83. The van der Waals surface area contributed by atoms with Crippen LogP contribution in [0.5, 0.6) is 0 Å². The van der Waals surface area contributed by atoms with Crippen molar-refractivity contribution >= 4 is 0 Å². The first-order chi connectivity index (χ1) is 8.40. The Morgan fingerprint density at radius 3 is 2.83 bits per heavy atom. The van der Waals surface area contributed by atoms with E-state index >= 15 is 0 Å². The van der Waals surface area contributed by atoms with Crippen molar-refractivity contribution in [3.05, 3.63) is 45.4 Å². The second kappa shape index (κ2) is 3.87. The van der Waals surface area contributed by atoms with Gasteiger partial charge in [0.2, 0.25) is 11.8 Å². The predicted octanol–water partition coefficient (Wildman–Crippen LogP) is -1.70. The number of nitrogens with zero attached hydrogens (tertiary/aromatic N) is 1. The molecular weight excluding hydrogens is 240 g/mol. The Kier molecular flexibility index (Phi) is 2.62. The minimum atomic E-state index is -2.13. The van der Waals surface area contributed by atoms with Gasteiger partial charge in [-0.05, 0) is 0 Å². The third-order valence-corrected chi connectivity index (χ3v) is 2.70. The maximum atomic E-state index is 11.6. The molecule has 18 heavy (non-hydrogen) atoms. The van der Waals surface area contributed by atoms with E-state index in [0.29, 0.717) is 0 Å². The van der Waals surface area contributed by atoms with E-state index in [0.717, 1.165) is 16.8 Å². The summed E-state index contributed by atoms with van der Waals surface area (Å²) in [5.41, 5.74) is -3.54. The molecular formula is C11H10N2O5. The number of terminal acetylenes is 1. The summed E-state index contributed by atoms with van der Waals surface area (Å²) in [6.07, 6.45) is 3.40. The number of aliphatic hydroxyl groups excluding tert-OH is 1. The number of hydrogen-bond donors (Lipinski definition) is 3. The minimum absolute atomic E-state index is 0.154. The van der Waals surface area contributed by atoms with E-state index in [2.05, 4.69) is 6.58 Å². The molecule has 0 spiro atoms. The maximum absolute atomic E-state index is 11.6. The van der Waals surface area contributed by atoms with Gasteiger partial charge in [0.1, 0.15) is 5.76 Å². The molecule has 2 heterocycles. The Bertz CT molecular complexity index is 652. The fourth-order valence-electron chi connectivity index (χ4n) is 1.71. The van der Waals surface area contributed by atoms with E-state index in [4.69, 9.17) is 11.2 Å². The second-order valence-corrected chi connectivity index (χ2v) is 3.83. The molecule has 1 aliphatic rings. The van der Waals surface area contributed by atoms with Crippen molar-refractivity contribution in [3.8, 4) is 12.3 Å². The minimum Gasteiger partial charge on any atom is -0.468 e. The summed E-state index contributed by atoms with van der Waals surface area (Å²) < 4.78 is 5.97. The molecule has 0 bridgehead atoms. The van der Waals surface area contributed by atoms with Crippen LogP contribution in [-0.4, -0.2) is 31.5 Å². The lowest BCUT2D eigenvalue weighted by Gasteiger charge is -2.24. The molecule has 94 valence electrons. The first-order valence-electron chi connectivity index (χ1n) is 4.95. The molecule has 7 nitrogen and oxygen atoms in total. The maximum Gasteiger partial charge on any atom is 0.331 e. The lowest BCUT2D eigenvalue weighted by atomic mass is 9.97. The highest BCUT2D eigenvalue weighted by molar-refractivity contribution is 5.25. The predicted molar refractivity (Wildman–Crippen MR) is 60.4 cm³/mol. The average molecular weight is 250 g/mol. The van der Waals surface area contributed by atoms with Crippen molar-refractivity contribution in [2.75, 3.05) is 0 Å². The van der Waals surface area contributed by atoms with Crippen LogP contribution in [0.3, 0.4) is 0 Å². The standard InChI is InChI=1S/C11H10N2O5/c1-3-11(17)8(15)6(2)18-9(11)13-5-4-7(14)12-10(13)16/h1,4-5,8-9,15,17H,2H2,(H,12,14,16)/t8-,9-,11+/m1/s1. The van der Waals surface area contributed by atoms with Crippen molar-refractivity contribution in [2.45, 2.75) is 17.9 Å². The number of aromatic nitrogens is 2. The molecule has 0 aromatic carbocycles. The van der Waals surface area contributed by atoms with Crippen LogP contribution in [0.4, 0.5) is 0 Å². The van der Waals surface area contributed by atoms with Gasteiger partial charge in [0.05, 0.1) is 0 Å². The number of aliphatic hydroxyl groups is 2. The van der Waals surface area contributed by atoms with Gasteiger partial charge in [-0.25, -0.2) is 4.79 Å². The largest absolute Gasteiger partial charge is 0.468 e. The number of H-pyrrole nitrogens is 1. The van der Waals surface area contributed by atoms with Crippen LogP contribution in [0.25, 0.3) is 0 Å². The number of rotatable bonds is 1. The summed E-state index contributed by atoms with van der Waals surface area (Å²) >= 11 is 0. The SMILES string of the molecule is C#C[C@]1(O)[C@H](O)C(=C)O[C@H]1n1ccc(=O)[nH]c1=O. The quantitative estimate of drug-likeness (QED) is 0.515. The van der Waals surface area contributed by atoms with Gasteiger partial charge in [-0.1, -0.05) is 12.5 Å². The van der Waals surface area contributed by atoms with Crippen molar-refractivity contribution in [1.29, 1.82) is 0 Å². The van der Waals surface area contributed by atoms with Crippen LogP contribution >= 0.6 is 0 Å². The number of nitrogens with one attached hydrogen (secondary N) is 1. The van der Waals surface area contributed by atoms with Crippen LogP contribution in [-0.2, 0) is 4.74 Å². The molecule has 1 aliphatic heterocycles. The van der Waals surface area contributed by atoms with Gasteiger partial charge in [-0.15, -0.1) is 6.42 Å². The highest BCUT2D eigenvalue weighted by Gasteiger charge is 2.53. The number of aromatic amines is 1. The fraction of sp³-hybridized carbons (Fsp3) is 0.273. The molecule has 1 fully saturated rings. The molecule has 0 aliphatic carbocycles. The van der Waals surface area contributed by atoms with E-state index in [1.54, 1.807) is 0 Å². The van der Waals surface area contributed by atoms with E-state index in [1.165, 1.54) is 0 Å². The molecule has 2 rings (SSSR count). The average Bonchev–Trinajstić information content (AvgIpc) is 2.55. The molecule has 3 N–H and O–H groups in total. The summed E-state index contributed by atoms with van der Waals surface area (Å²) in [7, 11) is 0. The molecule has 0 saturated carbocycles. The fourth-order valence-corrected chi connectivity index (χ4v) is 1.71. The Balaban J connectivity index is 2.58. The van der Waals surface area contributed by atoms with Crippen LogP contribution in [0.15, 0.2) is 34.2 Å². The van der Waals surface area contributed by atoms with E-state index in [9.17, 15) is 19.8 Å². The summed E-state index contributed by atoms with van der Waals surface area (Å²) in [6, 6.07) is 1.06. The van der Waals surface area contributed by atoms with Gasteiger partial charge in [0, 0.05) is 12.3 Å². The van der Waals surface area contributed by atoms with Crippen molar-refractivity contribution < 1.29 is 14.9 Å². The van der Waals surface area contributed by atoms with Gasteiger partial charge < -0.3 is 14.9 Å². The summed E-state index contributed by atoms with van der Waals surface area (Å²) in [6.45, 7) is 3.39. The molecule has 0 radical (unpaired) electrons. The van der Waals surface area contributed by atoms with Crippen LogP contribution in [0.1, 0.15) is 6.23 Å². The van der Waals surface area contributed by atoms with E-state index in [-0.39, 0.29) is 5.76 Å². The van der Waals surface area contributed by atoms with Gasteiger partial charge in [0.25, 0.3) is 5.56 Å². The molecule has 0 unspecified atom stereocenters. The summed E-state index contributed by atoms with van der Waals surface area (Å²) in [4.78, 5) is 24.5. The van der Waals surface area contributed by atoms with Crippen LogP contribution < -0.4 is 11.2 Å². The van der Waals surface area contributed by atoms with Gasteiger partial charge in [0.15, 0.2) is 6.10 Å². The zero-order chi connectivity index (χ0) is 13.5. The molecule has 1 aromatic rings. The zero-order valence-electron chi connectivity index (χ0n) is 9.16. The third kappa shape index (κ3) is 1.55. The van der Waals surface area contributed by atoms with Gasteiger partial charge in [-0.3, -0.25) is 14.3 Å². The third-order valence-electron chi connectivity index (χ3n) is 2.70. The van der Waals surface area contributed by atoms with Crippen molar-refractivity contribution in [3.63, 3.8) is 0 Å². The van der Waals surface area contributed by atoms with Gasteiger partial charge >= 0.3 is 5.69 Å². The van der Waals surface area contributed by atoms with Gasteiger partial charge in [-0.2, -0.15) is 0 Å². The normalized spacial score (nSPS) is 30.8. The summed E-state index contributed by atoms with van der Waals surface area (Å²) in [5.74, 6) is 1.82. The van der Waals surface area contributed by atoms with E-state index in [1.807, 2.05) is 10.9 Å². The topological polar surface area (TPSA) is 105 Å². The van der Waals surface area contributed by atoms with Crippen molar-refractivity contribution in [1.82, 2.24) is 9.55 Å². The zero-order valence-corrected chi connectivity index (χ0v) is 9.16. The molecule has 1 saturated heterocycles. The van der Waals surface area contributed by atoms with E-state index < -0.39 is 29.2 Å². The first kappa shape index (κ1) is 12.2. The molecule has 0 amide bonds. The Morgan fingerprint density at radius 2 is 2.28 bits per heavy atom. The Morgan fingerprint density at radius 1 is 1.61 bits per heavy atom. The molecule has 3 atom stereocenters. The number of hydrogen-bond acceptors (Lipinski definition) is 5. The monoisotopic (exact) mass is 250 g/mol.